The van der Waals surface area contributed by atoms with E-state index in [0.717, 1.165) is 17.0 Å². The number of tetrazole rings is 1. The molecule has 0 aromatic carbocycles. The minimum atomic E-state index is -0.285. The van der Waals surface area contributed by atoms with Gasteiger partial charge in [-0.2, -0.15) is 0 Å². The van der Waals surface area contributed by atoms with Gasteiger partial charge in [-0.25, -0.2) is 4.68 Å². The van der Waals surface area contributed by atoms with Crippen molar-refractivity contribution in [2.45, 2.75) is 32.8 Å². The van der Waals surface area contributed by atoms with Crippen molar-refractivity contribution < 1.29 is 14.1 Å². The topological polar surface area (TPSA) is 99.2 Å². The molecule has 0 radical (unpaired) electrons. The molecule has 23 heavy (non-hydrogen) atoms. The summed E-state index contributed by atoms with van der Waals surface area (Å²) >= 11 is 0. The summed E-state index contributed by atoms with van der Waals surface area (Å²) in [7, 11) is 1.76. The van der Waals surface area contributed by atoms with E-state index >= 15 is 0 Å². The number of ether oxygens (including phenoxy) is 1. The molecule has 9 heteroatoms. The van der Waals surface area contributed by atoms with Gasteiger partial charge < -0.3 is 14.2 Å². The third-order valence-corrected chi connectivity index (χ3v) is 4.13. The van der Waals surface area contributed by atoms with Gasteiger partial charge in [0, 0.05) is 25.6 Å². The Morgan fingerprint density at radius 1 is 1.39 bits per heavy atom. The summed E-state index contributed by atoms with van der Waals surface area (Å²) in [6, 6.07) is 0. The second kappa shape index (κ2) is 6.45. The highest BCUT2D eigenvalue weighted by atomic mass is 16.5. The third-order valence-electron chi connectivity index (χ3n) is 4.13. The maximum atomic E-state index is 12.5. The quantitative estimate of drug-likeness (QED) is 0.801. The number of nitrogens with zero attached hydrogens (tertiary/aromatic N) is 6. The van der Waals surface area contributed by atoms with Gasteiger partial charge in [-0.1, -0.05) is 5.16 Å². The smallest absolute Gasteiger partial charge is 0.223 e. The van der Waals surface area contributed by atoms with Gasteiger partial charge in [0.05, 0.1) is 18.8 Å². The Balaban J connectivity index is 1.60. The fraction of sp³-hybridized carbons (Fsp3) is 0.643. The number of aromatic nitrogens is 5. The Morgan fingerprint density at radius 2 is 2.22 bits per heavy atom. The molecule has 0 N–H and O–H groups in total. The second-order valence-electron chi connectivity index (χ2n) is 5.66. The first-order valence-electron chi connectivity index (χ1n) is 7.59. The van der Waals surface area contributed by atoms with Crippen molar-refractivity contribution in [2.24, 2.45) is 7.05 Å². The van der Waals surface area contributed by atoms with Crippen LogP contribution in [0.4, 0.5) is 0 Å². The molecule has 1 unspecified atom stereocenters. The van der Waals surface area contributed by atoms with Crippen LogP contribution in [0.3, 0.4) is 0 Å². The van der Waals surface area contributed by atoms with Gasteiger partial charge in [0.15, 0.2) is 5.82 Å². The molecule has 0 bridgehead atoms. The highest BCUT2D eigenvalue weighted by Gasteiger charge is 2.28. The first kappa shape index (κ1) is 15.6. The van der Waals surface area contributed by atoms with E-state index in [1.54, 1.807) is 16.6 Å². The first-order valence-corrected chi connectivity index (χ1v) is 7.59. The molecule has 0 aliphatic carbocycles. The van der Waals surface area contributed by atoms with Crippen molar-refractivity contribution in [2.75, 3.05) is 19.7 Å². The summed E-state index contributed by atoms with van der Waals surface area (Å²) < 4.78 is 12.4. The van der Waals surface area contributed by atoms with E-state index in [-0.39, 0.29) is 12.0 Å². The Hall–Kier alpha value is -2.29. The van der Waals surface area contributed by atoms with Crippen LogP contribution in [0.25, 0.3) is 0 Å². The number of morpholine rings is 1. The van der Waals surface area contributed by atoms with Crippen LogP contribution in [-0.4, -0.2) is 55.9 Å². The van der Waals surface area contributed by atoms with Gasteiger partial charge in [0.2, 0.25) is 5.91 Å². The van der Waals surface area contributed by atoms with E-state index in [0.29, 0.717) is 38.4 Å². The molecule has 1 atom stereocenters. The zero-order valence-electron chi connectivity index (χ0n) is 13.5. The highest BCUT2D eigenvalue weighted by Crippen LogP contribution is 2.21. The van der Waals surface area contributed by atoms with Crippen LogP contribution in [0.1, 0.15) is 35.4 Å². The summed E-state index contributed by atoms with van der Waals surface area (Å²) in [6.07, 6.45) is 0.770. The van der Waals surface area contributed by atoms with E-state index in [9.17, 15) is 4.79 Å². The number of rotatable bonds is 4. The van der Waals surface area contributed by atoms with Crippen LogP contribution in [0.2, 0.25) is 0 Å². The molecule has 2 aromatic rings. The van der Waals surface area contributed by atoms with Gasteiger partial charge in [0.1, 0.15) is 11.9 Å². The van der Waals surface area contributed by atoms with Gasteiger partial charge in [0.25, 0.3) is 0 Å². The average molecular weight is 320 g/mol. The summed E-state index contributed by atoms with van der Waals surface area (Å²) in [5.74, 6) is 1.50. The lowest BCUT2D eigenvalue weighted by molar-refractivity contribution is -0.139. The fourth-order valence-electron chi connectivity index (χ4n) is 2.79. The Bertz CT molecular complexity index is 675. The molecule has 124 valence electrons. The molecular formula is C14H20N6O3. The molecule has 9 nitrogen and oxygen atoms in total. The van der Waals surface area contributed by atoms with Crippen molar-refractivity contribution >= 4 is 5.91 Å². The molecule has 1 aliphatic heterocycles. The zero-order chi connectivity index (χ0) is 16.4. The maximum absolute atomic E-state index is 12.5. The van der Waals surface area contributed by atoms with Crippen LogP contribution in [0, 0.1) is 13.8 Å². The van der Waals surface area contributed by atoms with Crippen LogP contribution in [0.5, 0.6) is 0 Å². The third kappa shape index (κ3) is 3.24. The van der Waals surface area contributed by atoms with E-state index in [1.807, 2.05) is 13.8 Å². The number of carbonyl (C=O) groups excluding carboxylic acids is 1. The van der Waals surface area contributed by atoms with E-state index < -0.39 is 0 Å². The normalized spacial score (nSPS) is 18.4. The summed E-state index contributed by atoms with van der Waals surface area (Å²) in [5.41, 5.74) is 1.86. The summed E-state index contributed by atoms with van der Waals surface area (Å²) in [5, 5.41) is 15.3. The molecule has 1 amide bonds. The minimum absolute atomic E-state index is 0.0911. The molecule has 1 fully saturated rings. The highest BCUT2D eigenvalue weighted by molar-refractivity contribution is 5.76. The van der Waals surface area contributed by atoms with Crippen LogP contribution in [-0.2, 0) is 23.0 Å². The number of hydrogen-bond acceptors (Lipinski definition) is 7. The Labute approximate surface area is 133 Å². The van der Waals surface area contributed by atoms with Crippen molar-refractivity contribution in [3.63, 3.8) is 0 Å². The molecule has 0 spiro atoms. The van der Waals surface area contributed by atoms with E-state index in [2.05, 4.69) is 20.7 Å². The molecule has 1 aliphatic rings. The van der Waals surface area contributed by atoms with Crippen molar-refractivity contribution in [3.05, 3.63) is 22.8 Å². The van der Waals surface area contributed by atoms with Crippen LogP contribution < -0.4 is 0 Å². The largest absolute Gasteiger partial charge is 0.366 e. The van der Waals surface area contributed by atoms with Gasteiger partial charge in [-0.15, -0.1) is 5.10 Å². The summed E-state index contributed by atoms with van der Waals surface area (Å²) in [4.78, 5) is 14.3. The monoisotopic (exact) mass is 320 g/mol. The van der Waals surface area contributed by atoms with Gasteiger partial charge >= 0.3 is 0 Å². The molecule has 1 saturated heterocycles. The van der Waals surface area contributed by atoms with Gasteiger partial charge in [-0.05, 0) is 30.7 Å². The van der Waals surface area contributed by atoms with Crippen molar-refractivity contribution in [1.29, 1.82) is 0 Å². The first-order chi connectivity index (χ1) is 11.1. The fourth-order valence-corrected chi connectivity index (χ4v) is 2.79. The van der Waals surface area contributed by atoms with Crippen LogP contribution in [0.15, 0.2) is 4.52 Å². The molecular weight excluding hydrogens is 300 g/mol. The SMILES string of the molecule is Cc1noc(C)c1CCC(=O)N1CCOC(c2nnnn2C)C1. The predicted molar refractivity (Wildman–Crippen MR) is 78.4 cm³/mol. The lowest BCUT2D eigenvalue weighted by atomic mass is 10.1. The maximum Gasteiger partial charge on any atom is 0.223 e. The molecule has 0 saturated carbocycles. The van der Waals surface area contributed by atoms with Gasteiger partial charge in [-0.3, -0.25) is 4.79 Å². The zero-order valence-corrected chi connectivity index (χ0v) is 13.5. The summed E-state index contributed by atoms with van der Waals surface area (Å²) in [6.45, 7) is 5.29. The number of amides is 1. The average Bonchev–Trinajstić information content (AvgIpc) is 3.11. The lowest BCUT2D eigenvalue weighted by Gasteiger charge is -2.32. The van der Waals surface area contributed by atoms with E-state index in [1.165, 1.54) is 0 Å². The molecule has 2 aromatic heterocycles. The minimum Gasteiger partial charge on any atom is -0.366 e. The Kier molecular flexibility index (Phi) is 4.37. The molecule has 3 heterocycles. The Morgan fingerprint density at radius 3 is 2.87 bits per heavy atom. The standard InChI is InChI=1S/C14H20N6O3/c1-9-11(10(2)23-16-9)4-5-13(21)20-6-7-22-12(8-20)14-15-17-18-19(14)3/h12H,4-8H2,1-3H3. The molecule has 3 rings (SSSR count). The number of aryl methyl sites for hydroxylation is 3. The predicted octanol–water partition coefficient (Wildman–Crippen LogP) is 0.348. The number of hydrogen-bond donors (Lipinski definition) is 0. The van der Waals surface area contributed by atoms with Crippen LogP contribution >= 0.6 is 0 Å². The second-order valence-corrected chi connectivity index (χ2v) is 5.66. The van der Waals surface area contributed by atoms with Crippen molar-refractivity contribution in [3.8, 4) is 0 Å². The lowest BCUT2D eigenvalue weighted by Crippen LogP contribution is -2.43. The van der Waals surface area contributed by atoms with E-state index in [4.69, 9.17) is 9.26 Å². The van der Waals surface area contributed by atoms with Crippen molar-refractivity contribution in [1.82, 2.24) is 30.3 Å². The number of carbonyl (C=O) groups is 1.